The minimum Gasteiger partial charge on any atom is -0.309 e. The van der Waals surface area contributed by atoms with Gasteiger partial charge in [-0.3, -0.25) is 9.69 Å². The van der Waals surface area contributed by atoms with E-state index < -0.39 is 0 Å². The van der Waals surface area contributed by atoms with Crippen LogP contribution in [0.25, 0.3) is 21.3 Å². The number of piperidine rings is 1. The molecule has 0 radical (unpaired) electrons. The van der Waals surface area contributed by atoms with Crippen molar-refractivity contribution in [2.24, 2.45) is 0 Å². The maximum Gasteiger partial charge on any atom is 0.260 e. The number of fused-ring (bicyclic) bond motifs is 1. The topological polar surface area (TPSA) is 49.0 Å². The van der Waals surface area contributed by atoms with Crippen molar-refractivity contribution < 1.29 is 4.39 Å². The Morgan fingerprint density at radius 3 is 2.96 bits per heavy atom. The van der Waals surface area contributed by atoms with E-state index in [0.29, 0.717) is 39.8 Å². The molecule has 1 aliphatic rings. The lowest BCUT2D eigenvalue weighted by atomic mass is 10.0. The summed E-state index contributed by atoms with van der Waals surface area (Å²) in [5.74, 6) is 0.362. The zero-order valence-corrected chi connectivity index (χ0v) is 14.9. The minimum absolute atomic E-state index is 0.191. The SMILES string of the molecule is C[C@H]1CCCCN1Cc1nc2scc(-c3ccccc3F)c2c(=O)[nH]1. The van der Waals surface area contributed by atoms with Gasteiger partial charge >= 0.3 is 0 Å². The van der Waals surface area contributed by atoms with Gasteiger partial charge in [-0.2, -0.15) is 0 Å². The van der Waals surface area contributed by atoms with Crippen LogP contribution in [0.5, 0.6) is 0 Å². The number of benzene rings is 1. The van der Waals surface area contributed by atoms with Crippen LogP contribution in [0, 0.1) is 5.82 Å². The van der Waals surface area contributed by atoms with Crippen LogP contribution in [0.4, 0.5) is 4.39 Å². The van der Waals surface area contributed by atoms with Crippen molar-refractivity contribution in [1.82, 2.24) is 14.9 Å². The molecule has 1 atom stereocenters. The predicted molar refractivity (Wildman–Crippen MR) is 99.4 cm³/mol. The second kappa shape index (κ2) is 6.69. The number of likely N-dealkylation sites (tertiary alicyclic amines) is 1. The first-order chi connectivity index (χ1) is 12.1. The van der Waals surface area contributed by atoms with Gasteiger partial charge < -0.3 is 4.98 Å². The largest absolute Gasteiger partial charge is 0.309 e. The number of halogens is 1. The number of aromatic amines is 1. The number of thiophene rings is 1. The normalized spacial score (nSPS) is 18.7. The highest BCUT2D eigenvalue weighted by Crippen LogP contribution is 2.32. The molecule has 2 aromatic heterocycles. The van der Waals surface area contributed by atoms with Gasteiger partial charge in [-0.1, -0.05) is 24.6 Å². The van der Waals surface area contributed by atoms with E-state index in [1.165, 1.54) is 36.7 Å². The van der Waals surface area contributed by atoms with Crippen molar-refractivity contribution >= 4 is 21.6 Å². The Labute approximate surface area is 149 Å². The molecule has 0 amide bonds. The van der Waals surface area contributed by atoms with Gasteiger partial charge in [-0.15, -0.1) is 11.3 Å². The van der Waals surface area contributed by atoms with Crippen LogP contribution >= 0.6 is 11.3 Å². The first kappa shape index (κ1) is 16.4. The van der Waals surface area contributed by atoms with Gasteiger partial charge in [0, 0.05) is 22.5 Å². The number of hydrogen-bond acceptors (Lipinski definition) is 4. The lowest BCUT2D eigenvalue weighted by Crippen LogP contribution is -2.37. The molecule has 3 heterocycles. The smallest absolute Gasteiger partial charge is 0.260 e. The van der Waals surface area contributed by atoms with Gasteiger partial charge in [-0.05, 0) is 32.4 Å². The van der Waals surface area contributed by atoms with Crippen molar-refractivity contribution in [2.45, 2.75) is 38.8 Å². The summed E-state index contributed by atoms with van der Waals surface area (Å²) in [5, 5.41) is 2.30. The Morgan fingerprint density at radius 1 is 1.32 bits per heavy atom. The van der Waals surface area contributed by atoms with Crippen molar-refractivity contribution in [1.29, 1.82) is 0 Å². The molecule has 25 heavy (non-hydrogen) atoms. The third kappa shape index (κ3) is 3.12. The third-order valence-electron chi connectivity index (χ3n) is 4.95. The summed E-state index contributed by atoms with van der Waals surface area (Å²) in [6.07, 6.45) is 3.63. The highest BCUT2D eigenvalue weighted by atomic mass is 32.1. The van der Waals surface area contributed by atoms with Crippen LogP contribution in [0.1, 0.15) is 32.0 Å². The van der Waals surface area contributed by atoms with Crippen molar-refractivity contribution in [3.8, 4) is 11.1 Å². The van der Waals surface area contributed by atoms with Crippen LogP contribution in [0.3, 0.4) is 0 Å². The van der Waals surface area contributed by atoms with E-state index in [4.69, 9.17) is 0 Å². The van der Waals surface area contributed by atoms with Crippen LogP contribution in [-0.2, 0) is 6.54 Å². The van der Waals surface area contributed by atoms with Gasteiger partial charge in [-0.25, -0.2) is 9.37 Å². The number of aromatic nitrogens is 2. The Bertz CT molecular complexity index is 965. The summed E-state index contributed by atoms with van der Waals surface area (Å²) in [6.45, 7) is 3.91. The van der Waals surface area contributed by atoms with Crippen LogP contribution < -0.4 is 5.56 Å². The first-order valence-electron chi connectivity index (χ1n) is 8.63. The second-order valence-corrected chi connectivity index (χ2v) is 7.50. The molecule has 1 fully saturated rings. The fourth-order valence-corrected chi connectivity index (χ4v) is 4.49. The van der Waals surface area contributed by atoms with Gasteiger partial charge in [0.1, 0.15) is 16.5 Å². The number of nitrogens with zero attached hydrogens (tertiary/aromatic N) is 2. The molecule has 1 aliphatic heterocycles. The molecule has 0 unspecified atom stereocenters. The lowest BCUT2D eigenvalue weighted by Gasteiger charge is -2.32. The predicted octanol–water partition coefficient (Wildman–Crippen LogP) is 4.17. The molecule has 4 rings (SSSR count). The summed E-state index contributed by atoms with van der Waals surface area (Å²) in [4.78, 5) is 23.2. The van der Waals surface area contributed by atoms with Crippen LogP contribution in [0.2, 0.25) is 0 Å². The molecule has 0 aliphatic carbocycles. The third-order valence-corrected chi connectivity index (χ3v) is 5.82. The number of hydrogen-bond donors (Lipinski definition) is 1. The lowest BCUT2D eigenvalue weighted by molar-refractivity contribution is 0.149. The molecule has 130 valence electrons. The van der Waals surface area contributed by atoms with E-state index in [9.17, 15) is 9.18 Å². The van der Waals surface area contributed by atoms with Crippen molar-refractivity contribution in [3.05, 3.63) is 51.6 Å². The molecule has 3 aromatic rings. The van der Waals surface area contributed by atoms with Crippen LogP contribution in [-0.4, -0.2) is 27.5 Å². The van der Waals surface area contributed by atoms with E-state index in [0.717, 1.165) is 6.54 Å². The number of rotatable bonds is 3. The van der Waals surface area contributed by atoms with Crippen LogP contribution in [0.15, 0.2) is 34.4 Å². The summed E-state index contributed by atoms with van der Waals surface area (Å²) >= 11 is 1.39. The maximum absolute atomic E-state index is 14.1. The average Bonchev–Trinajstić information content (AvgIpc) is 3.02. The highest BCUT2D eigenvalue weighted by Gasteiger charge is 2.20. The zero-order chi connectivity index (χ0) is 17.4. The van der Waals surface area contributed by atoms with E-state index >= 15 is 0 Å². The van der Waals surface area contributed by atoms with Gasteiger partial charge in [0.25, 0.3) is 5.56 Å². The molecular weight excluding hydrogens is 337 g/mol. The quantitative estimate of drug-likeness (QED) is 0.765. The first-order valence-corrected chi connectivity index (χ1v) is 9.51. The molecule has 6 heteroatoms. The standard InChI is InChI=1S/C19H20FN3OS/c1-12-6-4-5-9-23(12)10-16-21-18(24)17-14(11-25-19(17)22-16)13-7-2-3-8-15(13)20/h2-3,7-8,11-12H,4-6,9-10H2,1H3,(H,21,22,24)/t12-/m0/s1. The average molecular weight is 357 g/mol. The maximum atomic E-state index is 14.1. The fraction of sp³-hybridized carbons (Fsp3) is 0.368. The van der Waals surface area contributed by atoms with E-state index in [2.05, 4.69) is 21.8 Å². The van der Waals surface area contributed by atoms with Gasteiger partial charge in [0.05, 0.1) is 11.9 Å². The molecule has 0 saturated carbocycles. The van der Waals surface area contributed by atoms with Gasteiger partial charge in [0.15, 0.2) is 0 Å². The van der Waals surface area contributed by atoms with Gasteiger partial charge in [0.2, 0.25) is 0 Å². The zero-order valence-electron chi connectivity index (χ0n) is 14.1. The Balaban J connectivity index is 1.72. The van der Waals surface area contributed by atoms with E-state index in [-0.39, 0.29) is 11.4 Å². The summed E-state index contributed by atoms with van der Waals surface area (Å²) in [7, 11) is 0. The molecule has 0 spiro atoms. The molecule has 1 N–H and O–H groups in total. The fourth-order valence-electron chi connectivity index (χ4n) is 3.53. The number of nitrogens with one attached hydrogen (secondary N) is 1. The minimum atomic E-state index is -0.326. The summed E-state index contributed by atoms with van der Waals surface area (Å²) < 4.78 is 14.1. The Hall–Kier alpha value is -2.05. The second-order valence-electron chi connectivity index (χ2n) is 6.64. The monoisotopic (exact) mass is 357 g/mol. The van der Waals surface area contributed by atoms with Crippen molar-refractivity contribution in [2.75, 3.05) is 6.54 Å². The van der Waals surface area contributed by atoms with Crippen molar-refractivity contribution in [3.63, 3.8) is 0 Å². The molecule has 1 saturated heterocycles. The molecular formula is C19H20FN3OS. The molecule has 4 nitrogen and oxygen atoms in total. The van der Waals surface area contributed by atoms with E-state index in [1.54, 1.807) is 18.2 Å². The highest BCUT2D eigenvalue weighted by molar-refractivity contribution is 7.17. The summed E-state index contributed by atoms with van der Waals surface area (Å²) in [6, 6.07) is 7.03. The Kier molecular flexibility index (Phi) is 4.39. The summed E-state index contributed by atoms with van der Waals surface area (Å²) in [5.41, 5.74) is 0.868. The molecule has 1 aromatic carbocycles. The number of H-pyrrole nitrogens is 1. The Morgan fingerprint density at radius 2 is 2.16 bits per heavy atom. The van der Waals surface area contributed by atoms with E-state index in [1.807, 2.05) is 5.38 Å². The molecule has 0 bridgehead atoms.